The molecule has 0 bridgehead atoms. The molecule has 2 aliphatic rings. The number of aryl methyl sites for hydroxylation is 1. The molecule has 1 aliphatic heterocycles. The van der Waals surface area contributed by atoms with Crippen molar-refractivity contribution in [2.24, 2.45) is 17.8 Å². The predicted molar refractivity (Wildman–Crippen MR) is 77.8 cm³/mol. The largest absolute Gasteiger partial charge is 0.508 e. The van der Waals surface area contributed by atoms with Gasteiger partial charge in [0.25, 0.3) is 5.91 Å². The van der Waals surface area contributed by atoms with Crippen molar-refractivity contribution in [3.8, 4) is 5.75 Å². The van der Waals surface area contributed by atoms with E-state index < -0.39 is 0 Å². The molecule has 3 atom stereocenters. The highest BCUT2D eigenvalue weighted by Crippen LogP contribution is 2.52. The molecule has 4 heteroatoms. The molecule has 4 nitrogen and oxygen atoms in total. The molecule has 1 unspecified atom stereocenters. The number of phenolic OH excluding ortho intramolecular Hbond substituents is 1. The summed E-state index contributed by atoms with van der Waals surface area (Å²) in [5, 5.41) is 9.72. The van der Waals surface area contributed by atoms with E-state index in [1.807, 2.05) is 11.8 Å². The Balaban J connectivity index is 1.62. The fourth-order valence-corrected chi connectivity index (χ4v) is 3.43. The number of likely N-dealkylation sites (tertiary alicyclic amines) is 1. The average Bonchev–Trinajstić information content (AvgIpc) is 2.86. The van der Waals surface area contributed by atoms with Gasteiger partial charge in [-0.3, -0.25) is 4.79 Å². The Morgan fingerprint density at radius 3 is 2.55 bits per heavy atom. The van der Waals surface area contributed by atoms with Gasteiger partial charge in [0.05, 0.1) is 0 Å². The van der Waals surface area contributed by atoms with Crippen LogP contribution in [0.15, 0.2) is 18.2 Å². The number of fused-ring (bicyclic) bond motifs is 1. The van der Waals surface area contributed by atoms with Gasteiger partial charge in [0.1, 0.15) is 5.75 Å². The lowest BCUT2D eigenvalue weighted by Gasteiger charge is -2.21. The molecular formula is C16H22N2O2. The Morgan fingerprint density at radius 1 is 1.35 bits per heavy atom. The van der Waals surface area contributed by atoms with Crippen LogP contribution in [0.1, 0.15) is 15.9 Å². The molecule has 20 heavy (non-hydrogen) atoms. The second kappa shape index (κ2) is 4.77. The maximum Gasteiger partial charge on any atom is 0.254 e. The number of hydrogen-bond donors (Lipinski definition) is 1. The number of benzene rings is 1. The average molecular weight is 274 g/mol. The molecule has 1 saturated carbocycles. The van der Waals surface area contributed by atoms with Crippen LogP contribution in [0.4, 0.5) is 0 Å². The Labute approximate surface area is 120 Å². The fourth-order valence-electron chi connectivity index (χ4n) is 3.43. The highest BCUT2D eigenvalue weighted by atomic mass is 16.3. The van der Waals surface area contributed by atoms with Crippen molar-refractivity contribution >= 4 is 5.91 Å². The van der Waals surface area contributed by atoms with E-state index in [4.69, 9.17) is 0 Å². The van der Waals surface area contributed by atoms with Gasteiger partial charge >= 0.3 is 0 Å². The van der Waals surface area contributed by atoms with Gasteiger partial charge in [-0.1, -0.05) is 6.07 Å². The standard InChI is InChI=1S/C16H22N2O2/c1-10-4-5-11(6-15(10)19)16(20)18-8-13-12(7-17(2)3)14(13)9-18/h4-6,12-14,19H,7-9H2,1-3H3/t12?,13-,14+. The lowest BCUT2D eigenvalue weighted by atomic mass is 10.1. The van der Waals surface area contributed by atoms with Crippen molar-refractivity contribution in [1.29, 1.82) is 0 Å². The van der Waals surface area contributed by atoms with Crippen LogP contribution in [-0.4, -0.2) is 54.5 Å². The smallest absolute Gasteiger partial charge is 0.254 e. The van der Waals surface area contributed by atoms with Crippen molar-refractivity contribution < 1.29 is 9.90 Å². The molecule has 0 spiro atoms. The minimum Gasteiger partial charge on any atom is -0.508 e. The SMILES string of the molecule is Cc1ccc(C(=O)N2C[C@@H]3C(CN(C)C)[C@@H]3C2)cc1O. The molecule has 1 saturated heterocycles. The number of piperidine rings is 1. The summed E-state index contributed by atoms with van der Waals surface area (Å²) >= 11 is 0. The molecule has 1 N–H and O–H groups in total. The zero-order chi connectivity index (χ0) is 14.4. The van der Waals surface area contributed by atoms with E-state index in [2.05, 4.69) is 19.0 Å². The van der Waals surface area contributed by atoms with E-state index in [1.54, 1.807) is 18.2 Å². The van der Waals surface area contributed by atoms with Crippen molar-refractivity contribution in [2.75, 3.05) is 33.7 Å². The van der Waals surface area contributed by atoms with E-state index in [1.165, 1.54) is 0 Å². The highest BCUT2D eigenvalue weighted by Gasteiger charge is 2.56. The van der Waals surface area contributed by atoms with Crippen LogP contribution in [-0.2, 0) is 0 Å². The summed E-state index contributed by atoms with van der Waals surface area (Å²) in [6.45, 7) is 4.70. The zero-order valence-corrected chi connectivity index (χ0v) is 12.3. The summed E-state index contributed by atoms with van der Waals surface area (Å²) in [4.78, 5) is 16.6. The number of amides is 1. The summed E-state index contributed by atoms with van der Waals surface area (Å²) in [6, 6.07) is 5.19. The van der Waals surface area contributed by atoms with E-state index in [0.717, 1.165) is 31.1 Å². The van der Waals surface area contributed by atoms with Crippen molar-refractivity contribution in [3.05, 3.63) is 29.3 Å². The molecular weight excluding hydrogens is 252 g/mol. The topological polar surface area (TPSA) is 43.8 Å². The number of nitrogens with zero attached hydrogens (tertiary/aromatic N) is 2. The van der Waals surface area contributed by atoms with Crippen LogP contribution in [0.5, 0.6) is 5.75 Å². The van der Waals surface area contributed by atoms with E-state index in [9.17, 15) is 9.90 Å². The Morgan fingerprint density at radius 2 is 2.00 bits per heavy atom. The monoisotopic (exact) mass is 274 g/mol. The van der Waals surface area contributed by atoms with Crippen LogP contribution in [0.3, 0.4) is 0 Å². The normalized spacial score (nSPS) is 27.8. The number of rotatable bonds is 3. The second-order valence-electron chi connectivity index (χ2n) is 6.47. The lowest BCUT2D eigenvalue weighted by molar-refractivity contribution is 0.0765. The molecule has 0 radical (unpaired) electrons. The Bertz CT molecular complexity index is 529. The molecule has 3 rings (SSSR count). The van der Waals surface area contributed by atoms with Crippen molar-refractivity contribution in [1.82, 2.24) is 9.80 Å². The van der Waals surface area contributed by atoms with Gasteiger partial charge in [-0.05, 0) is 56.5 Å². The first-order valence-corrected chi connectivity index (χ1v) is 7.21. The quantitative estimate of drug-likeness (QED) is 0.910. The molecule has 1 aliphatic carbocycles. The van der Waals surface area contributed by atoms with E-state index >= 15 is 0 Å². The van der Waals surface area contributed by atoms with Gasteiger partial charge in [0.2, 0.25) is 0 Å². The number of hydrogen-bond acceptors (Lipinski definition) is 3. The van der Waals surface area contributed by atoms with Crippen LogP contribution in [0, 0.1) is 24.7 Å². The third-order valence-corrected chi connectivity index (χ3v) is 4.69. The number of aromatic hydroxyl groups is 1. The molecule has 1 aromatic rings. The summed E-state index contributed by atoms with van der Waals surface area (Å²) in [5.74, 6) is 2.38. The number of carbonyl (C=O) groups excluding carboxylic acids is 1. The third kappa shape index (κ3) is 2.29. The number of carbonyl (C=O) groups is 1. The predicted octanol–water partition coefficient (Wildman–Crippen LogP) is 1.58. The highest BCUT2D eigenvalue weighted by molar-refractivity contribution is 5.95. The van der Waals surface area contributed by atoms with Crippen molar-refractivity contribution in [3.63, 3.8) is 0 Å². The first-order chi connectivity index (χ1) is 9.47. The fraction of sp³-hybridized carbons (Fsp3) is 0.562. The van der Waals surface area contributed by atoms with Gasteiger partial charge < -0.3 is 14.9 Å². The first kappa shape index (κ1) is 13.4. The van der Waals surface area contributed by atoms with Crippen LogP contribution in [0.25, 0.3) is 0 Å². The molecule has 1 heterocycles. The third-order valence-electron chi connectivity index (χ3n) is 4.69. The van der Waals surface area contributed by atoms with Gasteiger partial charge in [-0.2, -0.15) is 0 Å². The van der Waals surface area contributed by atoms with Crippen LogP contribution in [0.2, 0.25) is 0 Å². The summed E-state index contributed by atoms with van der Waals surface area (Å²) in [5.41, 5.74) is 1.40. The van der Waals surface area contributed by atoms with Crippen molar-refractivity contribution in [2.45, 2.75) is 6.92 Å². The maximum absolute atomic E-state index is 12.4. The maximum atomic E-state index is 12.4. The summed E-state index contributed by atoms with van der Waals surface area (Å²) in [6.07, 6.45) is 0. The number of phenols is 1. The second-order valence-corrected chi connectivity index (χ2v) is 6.47. The van der Waals surface area contributed by atoms with Gasteiger partial charge in [0.15, 0.2) is 0 Å². The minimum atomic E-state index is 0.0519. The zero-order valence-electron chi connectivity index (χ0n) is 12.3. The van der Waals surface area contributed by atoms with Gasteiger partial charge in [-0.15, -0.1) is 0 Å². The molecule has 0 aromatic heterocycles. The van der Waals surface area contributed by atoms with E-state index in [0.29, 0.717) is 17.4 Å². The molecule has 108 valence electrons. The van der Waals surface area contributed by atoms with Crippen LogP contribution >= 0.6 is 0 Å². The Hall–Kier alpha value is -1.55. The molecule has 1 aromatic carbocycles. The first-order valence-electron chi connectivity index (χ1n) is 7.21. The molecule has 1 amide bonds. The lowest BCUT2D eigenvalue weighted by Crippen LogP contribution is -2.33. The molecule has 2 fully saturated rings. The van der Waals surface area contributed by atoms with Gasteiger partial charge in [0, 0.05) is 25.2 Å². The summed E-state index contributed by atoms with van der Waals surface area (Å²) in [7, 11) is 4.21. The van der Waals surface area contributed by atoms with Crippen LogP contribution < -0.4 is 0 Å². The van der Waals surface area contributed by atoms with E-state index in [-0.39, 0.29) is 11.7 Å². The van der Waals surface area contributed by atoms with Gasteiger partial charge in [-0.25, -0.2) is 0 Å². The minimum absolute atomic E-state index is 0.0519. The summed E-state index contributed by atoms with van der Waals surface area (Å²) < 4.78 is 0. The Kier molecular flexibility index (Phi) is 3.21.